The summed E-state index contributed by atoms with van der Waals surface area (Å²) in [5.41, 5.74) is 0.718. The summed E-state index contributed by atoms with van der Waals surface area (Å²) >= 11 is 7.31. The highest BCUT2D eigenvalue weighted by Gasteiger charge is 2.17. The average Bonchev–Trinajstić information content (AvgIpc) is 2.85. The highest BCUT2D eigenvalue weighted by Crippen LogP contribution is 2.20. The number of sulfonamides is 1. The largest absolute Gasteiger partial charge is 0.216 e. The number of rotatable bonds is 5. The maximum absolute atomic E-state index is 12.1. The molecule has 1 aromatic carbocycles. The molecule has 3 nitrogen and oxygen atoms in total. The zero-order valence-corrected chi connectivity index (χ0v) is 12.7. The molecule has 1 N–H and O–H groups in total. The molecule has 0 aliphatic rings. The fourth-order valence-electron chi connectivity index (χ4n) is 1.71. The van der Waals surface area contributed by atoms with E-state index in [1.54, 1.807) is 24.3 Å². The summed E-state index contributed by atoms with van der Waals surface area (Å²) in [7, 11) is -3.36. The number of thiophene rings is 1. The molecule has 0 fully saturated rings. The van der Waals surface area contributed by atoms with Crippen molar-refractivity contribution in [2.75, 3.05) is 0 Å². The summed E-state index contributed by atoms with van der Waals surface area (Å²) < 4.78 is 26.8. The fourth-order valence-corrected chi connectivity index (χ4v) is 4.02. The zero-order valence-electron chi connectivity index (χ0n) is 10.3. The van der Waals surface area contributed by atoms with Gasteiger partial charge in [-0.25, -0.2) is 13.1 Å². The van der Waals surface area contributed by atoms with Gasteiger partial charge in [0.25, 0.3) is 0 Å². The predicted molar refractivity (Wildman–Crippen MR) is 79.9 cm³/mol. The number of halogens is 1. The van der Waals surface area contributed by atoms with Crippen molar-refractivity contribution in [1.29, 1.82) is 0 Å². The van der Waals surface area contributed by atoms with E-state index in [1.807, 2.05) is 24.4 Å². The van der Waals surface area contributed by atoms with E-state index in [1.165, 1.54) is 11.3 Å². The molecule has 0 spiro atoms. The van der Waals surface area contributed by atoms with Gasteiger partial charge in [0.15, 0.2) is 0 Å². The molecular formula is C13H14ClNO2S2. The first kappa shape index (κ1) is 14.5. The predicted octanol–water partition coefficient (Wildman–Crippen LogP) is 3.58. The van der Waals surface area contributed by atoms with Crippen LogP contribution in [0.4, 0.5) is 0 Å². The summed E-state index contributed by atoms with van der Waals surface area (Å²) in [6.07, 6.45) is 0. The topological polar surface area (TPSA) is 46.2 Å². The van der Waals surface area contributed by atoms with E-state index in [9.17, 15) is 8.42 Å². The third-order valence-electron chi connectivity index (χ3n) is 2.60. The third kappa shape index (κ3) is 4.31. The molecule has 19 heavy (non-hydrogen) atoms. The van der Waals surface area contributed by atoms with Gasteiger partial charge >= 0.3 is 0 Å². The van der Waals surface area contributed by atoms with Gasteiger partial charge in [0.1, 0.15) is 0 Å². The molecule has 6 heteroatoms. The van der Waals surface area contributed by atoms with Gasteiger partial charge in [-0.2, -0.15) is 0 Å². The van der Waals surface area contributed by atoms with Crippen molar-refractivity contribution in [1.82, 2.24) is 4.72 Å². The third-order valence-corrected chi connectivity index (χ3v) is 5.33. The average molecular weight is 316 g/mol. The van der Waals surface area contributed by atoms with Crippen LogP contribution in [-0.4, -0.2) is 8.42 Å². The van der Waals surface area contributed by atoms with E-state index in [0.717, 1.165) is 10.4 Å². The van der Waals surface area contributed by atoms with Gasteiger partial charge < -0.3 is 0 Å². The van der Waals surface area contributed by atoms with Gasteiger partial charge in [0.2, 0.25) is 10.0 Å². The second kappa shape index (κ2) is 6.05. The lowest BCUT2D eigenvalue weighted by Crippen LogP contribution is -2.27. The van der Waals surface area contributed by atoms with Crippen molar-refractivity contribution < 1.29 is 8.42 Å². The molecule has 102 valence electrons. The molecule has 1 heterocycles. The SMILES string of the molecule is C[C@@H](NS(=O)(=O)Cc1ccc(Cl)cc1)c1cccs1. The molecule has 1 atom stereocenters. The summed E-state index contributed by atoms with van der Waals surface area (Å²) in [6.45, 7) is 1.84. The van der Waals surface area contributed by atoms with Crippen LogP contribution in [0.3, 0.4) is 0 Å². The molecule has 2 rings (SSSR count). The van der Waals surface area contributed by atoms with Crippen molar-refractivity contribution in [2.45, 2.75) is 18.7 Å². The first-order valence-electron chi connectivity index (χ1n) is 5.74. The number of nitrogens with one attached hydrogen (secondary N) is 1. The van der Waals surface area contributed by atoms with Crippen LogP contribution in [0.5, 0.6) is 0 Å². The Labute approximate surface area is 122 Å². The van der Waals surface area contributed by atoms with Crippen LogP contribution in [0.1, 0.15) is 23.4 Å². The van der Waals surface area contributed by atoms with Gasteiger partial charge in [-0.3, -0.25) is 0 Å². The molecule has 2 aromatic rings. The molecule has 0 saturated carbocycles. The number of hydrogen-bond donors (Lipinski definition) is 1. The molecule has 0 aliphatic heterocycles. The molecule has 0 unspecified atom stereocenters. The lowest BCUT2D eigenvalue weighted by Gasteiger charge is -2.12. The van der Waals surface area contributed by atoms with Gasteiger partial charge in [-0.05, 0) is 36.1 Å². The number of benzene rings is 1. The van der Waals surface area contributed by atoms with Gasteiger partial charge in [-0.15, -0.1) is 11.3 Å². The summed E-state index contributed by atoms with van der Waals surface area (Å²) in [5.74, 6) is -0.0418. The maximum atomic E-state index is 12.1. The van der Waals surface area contributed by atoms with Gasteiger partial charge in [-0.1, -0.05) is 29.8 Å². The zero-order chi connectivity index (χ0) is 13.9. The van der Waals surface area contributed by atoms with E-state index >= 15 is 0 Å². The fraction of sp³-hybridized carbons (Fsp3) is 0.231. The molecule has 0 amide bonds. The van der Waals surface area contributed by atoms with Crippen LogP contribution in [0.15, 0.2) is 41.8 Å². The smallest absolute Gasteiger partial charge is 0.212 e. The lowest BCUT2D eigenvalue weighted by atomic mass is 10.2. The minimum absolute atomic E-state index is 0.0418. The van der Waals surface area contributed by atoms with E-state index < -0.39 is 10.0 Å². The summed E-state index contributed by atoms with van der Waals surface area (Å²) in [6, 6.07) is 10.4. The second-order valence-corrected chi connectivity index (χ2v) is 7.41. The van der Waals surface area contributed by atoms with Crippen molar-refractivity contribution in [3.8, 4) is 0 Å². The van der Waals surface area contributed by atoms with Crippen molar-refractivity contribution >= 4 is 33.0 Å². The van der Waals surface area contributed by atoms with E-state index in [0.29, 0.717) is 5.02 Å². The van der Waals surface area contributed by atoms with Crippen LogP contribution in [0.25, 0.3) is 0 Å². The Kier molecular flexibility index (Phi) is 4.62. The summed E-state index contributed by atoms with van der Waals surface area (Å²) in [4.78, 5) is 1.000. The Morgan fingerprint density at radius 1 is 1.26 bits per heavy atom. The van der Waals surface area contributed by atoms with Gasteiger partial charge in [0.05, 0.1) is 11.8 Å². The second-order valence-electron chi connectivity index (χ2n) is 4.24. The minimum Gasteiger partial charge on any atom is -0.212 e. The Balaban J connectivity index is 2.04. The van der Waals surface area contributed by atoms with Crippen LogP contribution < -0.4 is 4.72 Å². The van der Waals surface area contributed by atoms with E-state index in [4.69, 9.17) is 11.6 Å². The van der Waals surface area contributed by atoms with E-state index in [-0.39, 0.29) is 11.8 Å². The minimum atomic E-state index is -3.36. The van der Waals surface area contributed by atoms with Crippen LogP contribution in [0.2, 0.25) is 5.02 Å². The summed E-state index contributed by atoms with van der Waals surface area (Å²) in [5, 5.41) is 2.53. The van der Waals surface area contributed by atoms with Gasteiger partial charge in [0, 0.05) is 9.90 Å². The molecule has 0 saturated heterocycles. The van der Waals surface area contributed by atoms with Crippen molar-refractivity contribution in [3.05, 3.63) is 57.2 Å². The molecular weight excluding hydrogens is 302 g/mol. The number of hydrogen-bond acceptors (Lipinski definition) is 3. The molecule has 0 radical (unpaired) electrons. The first-order chi connectivity index (χ1) is 8.96. The molecule has 1 aromatic heterocycles. The maximum Gasteiger partial charge on any atom is 0.216 e. The Morgan fingerprint density at radius 2 is 1.95 bits per heavy atom. The van der Waals surface area contributed by atoms with Crippen LogP contribution >= 0.6 is 22.9 Å². The highest BCUT2D eigenvalue weighted by molar-refractivity contribution is 7.88. The Morgan fingerprint density at radius 3 is 2.53 bits per heavy atom. The highest BCUT2D eigenvalue weighted by atomic mass is 35.5. The van der Waals surface area contributed by atoms with Crippen LogP contribution in [-0.2, 0) is 15.8 Å². The Hall–Kier alpha value is -0.880. The first-order valence-corrected chi connectivity index (χ1v) is 8.65. The normalized spacial score (nSPS) is 13.4. The Bertz CT molecular complexity index is 621. The lowest BCUT2D eigenvalue weighted by molar-refractivity contribution is 0.567. The molecule has 0 aliphatic carbocycles. The standard InChI is InChI=1S/C13H14ClNO2S2/c1-10(13-3-2-8-18-13)15-19(16,17)9-11-4-6-12(14)7-5-11/h2-8,10,15H,9H2,1H3/t10-/m1/s1. The quantitative estimate of drug-likeness (QED) is 0.916. The van der Waals surface area contributed by atoms with Crippen molar-refractivity contribution in [2.24, 2.45) is 0 Å². The monoisotopic (exact) mass is 315 g/mol. The van der Waals surface area contributed by atoms with Crippen LogP contribution in [0, 0.1) is 0 Å². The molecule has 0 bridgehead atoms. The van der Waals surface area contributed by atoms with Crippen molar-refractivity contribution in [3.63, 3.8) is 0 Å². The van der Waals surface area contributed by atoms with E-state index in [2.05, 4.69) is 4.72 Å².